The van der Waals surface area contributed by atoms with Gasteiger partial charge in [-0.15, -0.1) is 0 Å². The Morgan fingerprint density at radius 1 is 1.30 bits per heavy atom. The van der Waals surface area contributed by atoms with Crippen molar-refractivity contribution in [1.29, 1.82) is 0 Å². The van der Waals surface area contributed by atoms with Gasteiger partial charge in [-0.1, -0.05) is 19.8 Å². The molecule has 1 fully saturated rings. The molecule has 20 heavy (non-hydrogen) atoms. The van der Waals surface area contributed by atoms with Crippen LogP contribution in [0.5, 0.6) is 0 Å². The van der Waals surface area contributed by atoms with E-state index in [2.05, 4.69) is 12.2 Å². The van der Waals surface area contributed by atoms with Crippen LogP contribution in [0.15, 0.2) is 23.1 Å². The normalized spacial score (nSPS) is 18.1. The summed E-state index contributed by atoms with van der Waals surface area (Å²) in [5.41, 5.74) is 7.16. The van der Waals surface area contributed by atoms with E-state index in [0.29, 0.717) is 5.41 Å². The SMILES string of the molecule is CCC1(CNc2ccc(S(N)(=O)=O)c(N)c2)CCCC1. The van der Waals surface area contributed by atoms with Gasteiger partial charge in [0.1, 0.15) is 4.90 Å². The maximum Gasteiger partial charge on any atom is 0.240 e. The first kappa shape index (κ1) is 15.1. The third-order valence-corrected chi connectivity index (χ3v) is 5.38. The van der Waals surface area contributed by atoms with Crippen LogP contribution in [-0.4, -0.2) is 15.0 Å². The quantitative estimate of drug-likeness (QED) is 0.726. The number of nitrogens with two attached hydrogens (primary N) is 2. The van der Waals surface area contributed by atoms with Crippen LogP contribution in [0.3, 0.4) is 0 Å². The van der Waals surface area contributed by atoms with Crippen LogP contribution in [0.4, 0.5) is 11.4 Å². The van der Waals surface area contributed by atoms with Crippen molar-refractivity contribution in [2.75, 3.05) is 17.6 Å². The number of primary sulfonamides is 1. The molecular formula is C14H23N3O2S. The Morgan fingerprint density at radius 2 is 1.95 bits per heavy atom. The fourth-order valence-corrected chi connectivity index (χ4v) is 3.63. The van der Waals surface area contributed by atoms with E-state index in [1.165, 1.54) is 31.7 Å². The molecule has 5 N–H and O–H groups in total. The van der Waals surface area contributed by atoms with Gasteiger partial charge in [0.05, 0.1) is 5.69 Å². The Labute approximate surface area is 120 Å². The average molecular weight is 297 g/mol. The highest BCUT2D eigenvalue weighted by atomic mass is 32.2. The molecule has 0 atom stereocenters. The molecule has 0 heterocycles. The number of nitrogen functional groups attached to an aromatic ring is 1. The summed E-state index contributed by atoms with van der Waals surface area (Å²) in [6.45, 7) is 3.13. The number of nitrogens with one attached hydrogen (secondary N) is 1. The summed E-state index contributed by atoms with van der Waals surface area (Å²) in [5.74, 6) is 0. The smallest absolute Gasteiger partial charge is 0.240 e. The van der Waals surface area contributed by atoms with Gasteiger partial charge in [-0.3, -0.25) is 0 Å². The van der Waals surface area contributed by atoms with E-state index in [0.717, 1.165) is 18.7 Å². The highest BCUT2D eigenvalue weighted by molar-refractivity contribution is 7.89. The monoisotopic (exact) mass is 297 g/mol. The van der Waals surface area contributed by atoms with Gasteiger partial charge < -0.3 is 11.1 Å². The number of rotatable bonds is 5. The third kappa shape index (κ3) is 3.24. The lowest BCUT2D eigenvalue weighted by atomic mass is 9.83. The first-order chi connectivity index (χ1) is 9.36. The van der Waals surface area contributed by atoms with Gasteiger partial charge in [-0.2, -0.15) is 0 Å². The molecule has 0 radical (unpaired) electrons. The molecule has 0 aromatic heterocycles. The van der Waals surface area contributed by atoms with E-state index in [-0.39, 0.29) is 10.6 Å². The molecule has 112 valence electrons. The molecule has 1 aromatic rings. The van der Waals surface area contributed by atoms with Gasteiger partial charge >= 0.3 is 0 Å². The Bertz CT molecular complexity index is 578. The van der Waals surface area contributed by atoms with E-state index in [9.17, 15) is 8.42 Å². The van der Waals surface area contributed by atoms with E-state index < -0.39 is 10.0 Å². The van der Waals surface area contributed by atoms with E-state index in [1.54, 1.807) is 12.1 Å². The second kappa shape index (κ2) is 5.61. The summed E-state index contributed by atoms with van der Waals surface area (Å²) in [7, 11) is -3.75. The third-order valence-electron chi connectivity index (χ3n) is 4.40. The van der Waals surface area contributed by atoms with Crippen molar-refractivity contribution in [1.82, 2.24) is 0 Å². The van der Waals surface area contributed by atoms with Gasteiger partial charge in [0.25, 0.3) is 0 Å². The van der Waals surface area contributed by atoms with Crippen molar-refractivity contribution in [2.24, 2.45) is 10.6 Å². The fourth-order valence-electron chi connectivity index (χ4n) is 2.99. The maximum atomic E-state index is 11.3. The molecule has 0 unspecified atom stereocenters. The van der Waals surface area contributed by atoms with Gasteiger partial charge in [0.15, 0.2) is 0 Å². The minimum atomic E-state index is -3.75. The Morgan fingerprint density at radius 3 is 2.45 bits per heavy atom. The summed E-state index contributed by atoms with van der Waals surface area (Å²) < 4.78 is 22.6. The molecule has 0 aliphatic heterocycles. The zero-order chi connectivity index (χ0) is 14.8. The summed E-state index contributed by atoms with van der Waals surface area (Å²) in [6, 6.07) is 4.81. The van der Waals surface area contributed by atoms with Crippen LogP contribution in [0.2, 0.25) is 0 Å². The van der Waals surface area contributed by atoms with Crippen LogP contribution in [0, 0.1) is 5.41 Å². The highest BCUT2D eigenvalue weighted by Gasteiger charge is 2.31. The molecule has 1 saturated carbocycles. The highest BCUT2D eigenvalue weighted by Crippen LogP contribution is 2.41. The molecule has 6 heteroatoms. The molecule has 1 aliphatic rings. The van der Waals surface area contributed by atoms with Crippen LogP contribution in [0.25, 0.3) is 0 Å². The molecule has 0 spiro atoms. The molecule has 1 aliphatic carbocycles. The molecule has 0 amide bonds. The van der Waals surface area contributed by atoms with Crippen molar-refractivity contribution in [2.45, 2.75) is 43.9 Å². The number of hydrogen-bond donors (Lipinski definition) is 3. The maximum absolute atomic E-state index is 11.3. The second-order valence-electron chi connectivity index (χ2n) is 5.71. The number of sulfonamides is 1. The Kier molecular flexibility index (Phi) is 4.25. The second-order valence-corrected chi connectivity index (χ2v) is 7.24. The number of hydrogen-bond acceptors (Lipinski definition) is 4. The van der Waals surface area contributed by atoms with Gasteiger partial charge in [-0.05, 0) is 42.9 Å². The molecule has 0 bridgehead atoms. The fraction of sp³-hybridized carbons (Fsp3) is 0.571. The number of benzene rings is 1. The predicted octanol–water partition coefficient (Wildman–Crippen LogP) is 2.30. The molecule has 0 saturated heterocycles. The summed E-state index contributed by atoms with van der Waals surface area (Å²) in [4.78, 5) is -0.0193. The Balaban J connectivity index is 2.09. The molecular weight excluding hydrogens is 274 g/mol. The van der Waals surface area contributed by atoms with Crippen molar-refractivity contribution >= 4 is 21.4 Å². The van der Waals surface area contributed by atoms with E-state index in [4.69, 9.17) is 10.9 Å². The largest absolute Gasteiger partial charge is 0.398 e. The van der Waals surface area contributed by atoms with Gasteiger partial charge in [0, 0.05) is 12.2 Å². The van der Waals surface area contributed by atoms with Crippen molar-refractivity contribution < 1.29 is 8.42 Å². The van der Waals surface area contributed by atoms with Crippen molar-refractivity contribution in [3.63, 3.8) is 0 Å². The van der Waals surface area contributed by atoms with Gasteiger partial charge in [-0.25, -0.2) is 13.6 Å². The van der Waals surface area contributed by atoms with Crippen molar-refractivity contribution in [3.8, 4) is 0 Å². The van der Waals surface area contributed by atoms with Crippen LogP contribution >= 0.6 is 0 Å². The summed E-state index contributed by atoms with van der Waals surface area (Å²) >= 11 is 0. The van der Waals surface area contributed by atoms with Gasteiger partial charge in [0.2, 0.25) is 10.0 Å². The van der Waals surface area contributed by atoms with Crippen LogP contribution in [-0.2, 0) is 10.0 Å². The predicted molar refractivity (Wildman–Crippen MR) is 81.9 cm³/mol. The first-order valence-corrected chi connectivity index (χ1v) is 8.57. The zero-order valence-corrected chi connectivity index (χ0v) is 12.7. The summed E-state index contributed by atoms with van der Waals surface area (Å²) in [5, 5.41) is 8.48. The minimum absolute atomic E-state index is 0.0193. The molecule has 5 nitrogen and oxygen atoms in total. The Hall–Kier alpha value is -1.27. The minimum Gasteiger partial charge on any atom is -0.398 e. The lowest BCUT2D eigenvalue weighted by molar-refractivity contribution is 0.307. The standard InChI is InChI=1S/C14H23N3O2S/c1-2-14(7-3-4-8-14)10-17-11-5-6-13(12(15)9-11)20(16,18)19/h5-6,9,17H,2-4,7-8,10,15H2,1H3,(H2,16,18,19). The molecule has 2 rings (SSSR count). The average Bonchev–Trinajstić information content (AvgIpc) is 2.84. The zero-order valence-electron chi connectivity index (χ0n) is 11.9. The lowest BCUT2D eigenvalue weighted by Crippen LogP contribution is -2.26. The first-order valence-electron chi connectivity index (χ1n) is 7.02. The van der Waals surface area contributed by atoms with Crippen molar-refractivity contribution in [3.05, 3.63) is 18.2 Å². The van der Waals surface area contributed by atoms with Crippen LogP contribution in [0.1, 0.15) is 39.0 Å². The van der Waals surface area contributed by atoms with E-state index >= 15 is 0 Å². The topological polar surface area (TPSA) is 98.2 Å². The number of anilines is 2. The van der Waals surface area contributed by atoms with Crippen LogP contribution < -0.4 is 16.2 Å². The lowest BCUT2D eigenvalue weighted by Gasteiger charge is -2.28. The molecule has 1 aromatic carbocycles. The summed E-state index contributed by atoms with van der Waals surface area (Å²) in [6.07, 6.45) is 6.25. The van der Waals surface area contributed by atoms with E-state index in [1.807, 2.05) is 0 Å².